The minimum atomic E-state index is -0.655. The highest BCUT2D eigenvalue weighted by molar-refractivity contribution is 6.31. The molecule has 1 saturated heterocycles. The lowest BCUT2D eigenvalue weighted by Crippen LogP contribution is -2.59. The molecule has 1 aromatic carbocycles. The number of para-hydroxylation sites is 1. The van der Waals surface area contributed by atoms with Crippen molar-refractivity contribution in [3.8, 4) is 5.75 Å². The van der Waals surface area contributed by atoms with E-state index in [2.05, 4.69) is 9.98 Å². The molecule has 1 atom stereocenters. The summed E-state index contributed by atoms with van der Waals surface area (Å²) in [5.41, 5.74) is 1.51. The molecular weight excluding hydrogens is 308 g/mol. The third kappa shape index (κ3) is 2.58. The number of urea groups is 1. The third-order valence-electron chi connectivity index (χ3n) is 4.13. The van der Waals surface area contributed by atoms with Crippen molar-refractivity contribution in [3.05, 3.63) is 42.1 Å². The second-order valence-corrected chi connectivity index (χ2v) is 5.53. The molecule has 1 aromatic rings. The van der Waals surface area contributed by atoms with Crippen LogP contribution in [0.25, 0.3) is 0 Å². The van der Waals surface area contributed by atoms with Crippen molar-refractivity contribution in [2.24, 2.45) is 15.9 Å². The van der Waals surface area contributed by atoms with Crippen LogP contribution >= 0.6 is 0 Å². The molecule has 0 N–H and O–H groups in total. The van der Waals surface area contributed by atoms with E-state index in [9.17, 15) is 9.59 Å². The first kappa shape index (κ1) is 15.9. The number of benzene rings is 1. The fourth-order valence-electron chi connectivity index (χ4n) is 2.78. The average molecular weight is 326 g/mol. The van der Waals surface area contributed by atoms with Gasteiger partial charge in [-0.15, -0.1) is 0 Å². The Kier molecular flexibility index (Phi) is 4.16. The van der Waals surface area contributed by atoms with Gasteiger partial charge in [0.1, 0.15) is 17.5 Å². The van der Waals surface area contributed by atoms with Crippen molar-refractivity contribution in [1.29, 1.82) is 0 Å². The molecular formula is C17H18N4O3. The number of hydrogen-bond acceptors (Lipinski definition) is 5. The van der Waals surface area contributed by atoms with Gasteiger partial charge in [-0.25, -0.2) is 9.79 Å². The first-order valence-corrected chi connectivity index (χ1v) is 7.50. The number of amides is 3. The highest BCUT2D eigenvalue weighted by Crippen LogP contribution is 2.23. The lowest BCUT2D eigenvalue weighted by molar-refractivity contribution is -0.128. The molecule has 1 fully saturated rings. The zero-order chi connectivity index (χ0) is 17.3. The number of amidine groups is 1. The van der Waals surface area contributed by atoms with E-state index in [0.29, 0.717) is 18.1 Å². The molecule has 24 heavy (non-hydrogen) atoms. The van der Waals surface area contributed by atoms with Crippen LogP contribution in [0.15, 0.2) is 46.5 Å². The number of nitrogens with zero attached hydrogens (tertiary/aromatic N) is 4. The van der Waals surface area contributed by atoms with Crippen molar-refractivity contribution >= 4 is 23.5 Å². The van der Waals surface area contributed by atoms with Gasteiger partial charge in [-0.1, -0.05) is 18.2 Å². The monoisotopic (exact) mass is 326 g/mol. The summed E-state index contributed by atoms with van der Waals surface area (Å²) in [7, 11) is 4.68. The lowest BCUT2D eigenvalue weighted by atomic mass is 9.95. The number of allylic oxidation sites excluding steroid dienone is 1. The Morgan fingerprint density at radius 3 is 2.71 bits per heavy atom. The molecule has 3 amide bonds. The van der Waals surface area contributed by atoms with E-state index in [1.54, 1.807) is 26.4 Å². The predicted octanol–water partition coefficient (Wildman–Crippen LogP) is 1.70. The van der Waals surface area contributed by atoms with Crippen molar-refractivity contribution in [2.45, 2.75) is 6.54 Å². The maximum Gasteiger partial charge on any atom is 0.331 e. The number of methoxy groups -OCH3 is 1. The third-order valence-corrected chi connectivity index (χ3v) is 4.13. The van der Waals surface area contributed by atoms with Crippen LogP contribution in [0.1, 0.15) is 5.56 Å². The van der Waals surface area contributed by atoms with E-state index in [0.717, 1.165) is 16.2 Å². The Hall–Kier alpha value is -2.96. The average Bonchev–Trinajstić information content (AvgIpc) is 2.62. The molecule has 124 valence electrons. The Balaban J connectivity index is 1.92. The van der Waals surface area contributed by atoms with Gasteiger partial charge in [0, 0.05) is 25.9 Å². The SMILES string of the molecule is COc1ccccc1CN=C1C=CN=C2C1C(=O)N(C)C(=O)N2C. The minimum absolute atomic E-state index is 0.319. The number of ether oxygens (including phenoxy) is 1. The Labute approximate surface area is 139 Å². The molecule has 3 rings (SSSR count). The number of fused-ring (bicyclic) bond motifs is 1. The van der Waals surface area contributed by atoms with Crippen molar-refractivity contribution in [2.75, 3.05) is 21.2 Å². The van der Waals surface area contributed by atoms with Crippen LogP contribution in [0, 0.1) is 5.92 Å². The molecule has 0 radical (unpaired) electrons. The predicted molar refractivity (Wildman–Crippen MR) is 90.1 cm³/mol. The lowest BCUT2D eigenvalue weighted by Gasteiger charge is -2.36. The molecule has 0 spiro atoms. The van der Waals surface area contributed by atoms with E-state index >= 15 is 0 Å². The number of carbonyl (C=O) groups is 2. The normalized spacial score (nSPS) is 21.9. The van der Waals surface area contributed by atoms with Crippen LogP contribution in [-0.2, 0) is 11.3 Å². The summed E-state index contributed by atoms with van der Waals surface area (Å²) >= 11 is 0. The van der Waals surface area contributed by atoms with E-state index in [1.165, 1.54) is 11.9 Å². The van der Waals surface area contributed by atoms with Gasteiger partial charge in [-0.2, -0.15) is 0 Å². The van der Waals surface area contributed by atoms with E-state index in [4.69, 9.17) is 4.74 Å². The smallest absolute Gasteiger partial charge is 0.331 e. The van der Waals surface area contributed by atoms with Crippen LogP contribution in [0.4, 0.5) is 4.79 Å². The largest absolute Gasteiger partial charge is 0.496 e. The topological polar surface area (TPSA) is 74.6 Å². The van der Waals surface area contributed by atoms with Gasteiger partial charge in [-0.05, 0) is 12.1 Å². The molecule has 7 heteroatoms. The van der Waals surface area contributed by atoms with Crippen LogP contribution < -0.4 is 4.74 Å². The molecule has 2 aliphatic heterocycles. The number of rotatable bonds is 3. The summed E-state index contributed by atoms with van der Waals surface area (Å²) < 4.78 is 5.32. The Bertz CT molecular complexity index is 782. The number of hydrogen-bond donors (Lipinski definition) is 0. The first-order valence-electron chi connectivity index (χ1n) is 7.50. The maximum atomic E-state index is 12.5. The van der Waals surface area contributed by atoms with Crippen molar-refractivity contribution in [1.82, 2.24) is 9.80 Å². The fraction of sp³-hybridized carbons (Fsp3) is 0.294. The van der Waals surface area contributed by atoms with Gasteiger partial charge in [-0.3, -0.25) is 19.6 Å². The van der Waals surface area contributed by atoms with Gasteiger partial charge < -0.3 is 4.74 Å². The number of imide groups is 1. The molecule has 0 bridgehead atoms. The summed E-state index contributed by atoms with van der Waals surface area (Å²) in [6, 6.07) is 7.20. The first-order chi connectivity index (χ1) is 11.5. The van der Waals surface area contributed by atoms with Crippen molar-refractivity contribution in [3.63, 3.8) is 0 Å². The highest BCUT2D eigenvalue weighted by Gasteiger charge is 2.43. The van der Waals surface area contributed by atoms with Crippen LogP contribution in [0.5, 0.6) is 5.75 Å². The standard InChI is InChI=1S/C17H18N4O3/c1-20-15-14(16(22)21(2)17(20)23)12(8-9-18-15)19-10-11-6-4-5-7-13(11)24-3/h4-9,14H,10H2,1-3H3. The van der Waals surface area contributed by atoms with E-state index in [-0.39, 0.29) is 5.91 Å². The van der Waals surface area contributed by atoms with E-state index < -0.39 is 11.9 Å². The molecule has 2 aliphatic rings. The summed E-state index contributed by atoms with van der Waals surface area (Å²) in [5, 5.41) is 0. The summed E-state index contributed by atoms with van der Waals surface area (Å²) in [4.78, 5) is 35.8. The van der Waals surface area contributed by atoms with Crippen LogP contribution in [0.3, 0.4) is 0 Å². The molecule has 2 heterocycles. The van der Waals surface area contributed by atoms with Gasteiger partial charge in [0.15, 0.2) is 0 Å². The highest BCUT2D eigenvalue weighted by atomic mass is 16.5. The molecule has 0 aromatic heterocycles. The quantitative estimate of drug-likeness (QED) is 0.848. The molecule has 7 nitrogen and oxygen atoms in total. The summed E-state index contributed by atoms with van der Waals surface area (Å²) in [5.74, 6) is 0.177. The zero-order valence-corrected chi connectivity index (χ0v) is 13.8. The summed E-state index contributed by atoms with van der Waals surface area (Å²) in [6.45, 7) is 0.377. The van der Waals surface area contributed by atoms with Crippen LogP contribution in [0.2, 0.25) is 0 Å². The fourth-order valence-corrected chi connectivity index (χ4v) is 2.78. The van der Waals surface area contributed by atoms with Crippen LogP contribution in [-0.4, -0.2) is 54.5 Å². The number of aliphatic imine (C=N–C) groups is 2. The summed E-state index contributed by atoms with van der Waals surface area (Å²) in [6.07, 6.45) is 3.27. The Morgan fingerprint density at radius 1 is 1.21 bits per heavy atom. The van der Waals surface area contributed by atoms with Crippen molar-refractivity contribution < 1.29 is 14.3 Å². The van der Waals surface area contributed by atoms with E-state index in [1.807, 2.05) is 24.3 Å². The van der Waals surface area contributed by atoms with Gasteiger partial charge in [0.25, 0.3) is 0 Å². The Morgan fingerprint density at radius 2 is 1.96 bits per heavy atom. The molecule has 0 saturated carbocycles. The second-order valence-electron chi connectivity index (χ2n) is 5.53. The van der Waals surface area contributed by atoms with Gasteiger partial charge in [0.2, 0.25) is 5.91 Å². The molecule has 0 aliphatic carbocycles. The second kappa shape index (κ2) is 6.27. The zero-order valence-electron chi connectivity index (χ0n) is 13.8. The molecule has 1 unspecified atom stereocenters. The van der Waals surface area contributed by atoms with Gasteiger partial charge in [0.05, 0.1) is 19.4 Å². The minimum Gasteiger partial charge on any atom is -0.496 e. The number of carbonyl (C=O) groups excluding carboxylic acids is 2. The van der Waals surface area contributed by atoms with Gasteiger partial charge >= 0.3 is 6.03 Å². The maximum absolute atomic E-state index is 12.5.